The number of rotatable bonds is 9. The van der Waals surface area contributed by atoms with E-state index in [0.29, 0.717) is 63.5 Å². The number of nitrogens with one attached hydrogen (secondary N) is 3. The van der Waals surface area contributed by atoms with Gasteiger partial charge in [-0.3, -0.25) is 28.8 Å². The first kappa shape index (κ1) is 40.2. The molecule has 4 aliphatic heterocycles. The van der Waals surface area contributed by atoms with E-state index >= 15 is 0 Å². The van der Waals surface area contributed by atoms with E-state index in [4.69, 9.17) is 4.74 Å². The van der Waals surface area contributed by atoms with E-state index in [-0.39, 0.29) is 25.3 Å². The Kier molecular flexibility index (Phi) is 13.7. The lowest BCUT2D eigenvalue weighted by atomic mass is 9.99. The first-order valence-corrected chi connectivity index (χ1v) is 19.4. The van der Waals surface area contributed by atoms with Gasteiger partial charge in [-0.05, 0) is 89.0 Å². The Hall–Kier alpha value is -4.95. The maximum absolute atomic E-state index is 14.6. The standard InChI is InChI=1S/C39H54N6O9/c1-4-5-6-7-18-32(47)41-28(23-26-13-10-14-27(46)22-26)34(48)42-33-25(3)54-39(53)31-17-12-21-45(31)36(50)24(2)40-35(49)29-15-8-9-19-43(29)37(51)30-16-11-20-44(30)38(33)52/h7,10,13-14,18,22,24-25,28-31,33,46H,4-6,8-9,11-12,15-17,19-21,23H2,1-3H3,(H,40,49)(H,41,47)(H,42,48)/b18-7+/t24-,25-,28-,29-,30-,31-,33-/m0/s1. The van der Waals surface area contributed by atoms with E-state index in [0.717, 1.165) is 12.8 Å². The van der Waals surface area contributed by atoms with Gasteiger partial charge in [-0.1, -0.05) is 38.0 Å². The highest BCUT2D eigenvalue weighted by Crippen LogP contribution is 2.27. The fraction of sp³-hybridized carbons (Fsp3) is 0.615. The zero-order valence-corrected chi connectivity index (χ0v) is 31.5. The van der Waals surface area contributed by atoms with Crippen LogP contribution in [-0.4, -0.2) is 123 Å². The fourth-order valence-electron chi connectivity index (χ4n) is 7.84. The molecule has 0 aliphatic carbocycles. The number of esters is 1. The van der Waals surface area contributed by atoms with Crippen LogP contribution in [0.15, 0.2) is 36.4 Å². The summed E-state index contributed by atoms with van der Waals surface area (Å²) in [5.41, 5.74) is 0.541. The van der Waals surface area contributed by atoms with Crippen LogP contribution in [0.4, 0.5) is 0 Å². The van der Waals surface area contributed by atoms with Gasteiger partial charge in [0.2, 0.25) is 35.4 Å². The molecular formula is C39H54N6O9. The molecule has 0 radical (unpaired) electrons. The van der Waals surface area contributed by atoms with E-state index in [9.17, 15) is 38.7 Å². The minimum atomic E-state index is -1.48. The van der Waals surface area contributed by atoms with Crippen molar-refractivity contribution in [2.75, 3.05) is 19.6 Å². The second-order valence-electron chi connectivity index (χ2n) is 14.8. The molecule has 4 fully saturated rings. The summed E-state index contributed by atoms with van der Waals surface area (Å²) in [7, 11) is 0. The van der Waals surface area contributed by atoms with E-state index < -0.39 is 83.8 Å². The zero-order chi connectivity index (χ0) is 38.9. The molecule has 0 spiro atoms. The van der Waals surface area contributed by atoms with E-state index in [1.807, 2.05) is 6.92 Å². The SMILES string of the molecule is CCCC/C=C/C(=O)N[C@@H](Cc1cccc(O)c1)C(=O)N[C@@H]1C(=O)N2CCC[C@H]2C(=O)N2CCCC[C@H]2C(=O)N[C@@H](C)C(=O)N2CCC[C@H]2C(=O)O[C@H]1C. The van der Waals surface area contributed by atoms with E-state index in [2.05, 4.69) is 16.0 Å². The van der Waals surface area contributed by atoms with Crippen molar-refractivity contribution in [3.8, 4) is 5.75 Å². The van der Waals surface area contributed by atoms with Crippen LogP contribution in [0, 0.1) is 0 Å². The summed E-state index contributed by atoms with van der Waals surface area (Å²) in [6, 6.07) is -0.138. The Bertz CT molecular complexity index is 1620. The third-order valence-electron chi connectivity index (χ3n) is 10.8. The van der Waals surface area contributed by atoms with Gasteiger partial charge in [-0.25, -0.2) is 4.79 Å². The molecule has 1 aromatic carbocycles. The van der Waals surface area contributed by atoms with Gasteiger partial charge in [-0.2, -0.15) is 0 Å². The Morgan fingerprint density at radius 3 is 2.30 bits per heavy atom. The molecule has 0 bridgehead atoms. The van der Waals surface area contributed by atoms with Gasteiger partial charge in [-0.15, -0.1) is 0 Å². The van der Waals surface area contributed by atoms with Gasteiger partial charge in [0.15, 0.2) is 0 Å². The number of carbonyl (C=O) groups excluding carboxylic acids is 7. The number of hydrogen-bond donors (Lipinski definition) is 4. The summed E-state index contributed by atoms with van der Waals surface area (Å²) in [6.07, 6.45) is 7.71. The van der Waals surface area contributed by atoms with Crippen LogP contribution in [-0.2, 0) is 44.7 Å². The first-order chi connectivity index (χ1) is 25.9. The zero-order valence-electron chi connectivity index (χ0n) is 31.5. The molecule has 294 valence electrons. The number of phenols is 1. The molecule has 4 heterocycles. The average molecular weight is 751 g/mol. The van der Waals surface area contributed by atoms with Crippen molar-refractivity contribution < 1.29 is 43.4 Å². The second kappa shape index (κ2) is 18.4. The molecule has 0 saturated carbocycles. The second-order valence-corrected chi connectivity index (χ2v) is 14.8. The summed E-state index contributed by atoms with van der Waals surface area (Å²) in [5, 5.41) is 18.3. The van der Waals surface area contributed by atoms with Crippen LogP contribution < -0.4 is 16.0 Å². The van der Waals surface area contributed by atoms with Crippen LogP contribution in [0.1, 0.15) is 90.5 Å². The van der Waals surface area contributed by atoms with Gasteiger partial charge >= 0.3 is 5.97 Å². The molecule has 5 rings (SSSR count). The number of hydrogen-bond acceptors (Lipinski definition) is 9. The molecular weight excluding hydrogens is 696 g/mol. The third kappa shape index (κ3) is 9.58. The number of phenolic OH excluding ortho intramolecular Hbond substituents is 1. The van der Waals surface area contributed by atoms with Crippen LogP contribution in [0.2, 0.25) is 0 Å². The molecule has 4 N–H and O–H groups in total. The van der Waals surface area contributed by atoms with Crippen LogP contribution in [0.25, 0.3) is 0 Å². The van der Waals surface area contributed by atoms with Crippen LogP contribution >= 0.6 is 0 Å². The van der Waals surface area contributed by atoms with Crippen molar-refractivity contribution >= 4 is 41.4 Å². The molecule has 0 unspecified atom stereocenters. The van der Waals surface area contributed by atoms with Crippen molar-refractivity contribution in [2.24, 2.45) is 0 Å². The Morgan fingerprint density at radius 1 is 0.907 bits per heavy atom. The topological polar surface area (TPSA) is 195 Å². The molecule has 4 saturated heterocycles. The summed E-state index contributed by atoms with van der Waals surface area (Å²) < 4.78 is 5.88. The number of amides is 6. The van der Waals surface area contributed by atoms with Crippen molar-refractivity contribution in [1.29, 1.82) is 0 Å². The van der Waals surface area contributed by atoms with Gasteiger partial charge in [0.05, 0.1) is 0 Å². The van der Waals surface area contributed by atoms with Crippen LogP contribution in [0.3, 0.4) is 0 Å². The average Bonchev–Trinajstić information content (AvgIpc) is 3.85. The monoisotopic (exact) mass is 750 g/mol. The molecule has 15 heteroatoms. The quantitative estimate of drug-likeness (QED) is 0.164. The number of unbranched alkanes of at least 4 members (excludes halogenated alkanes) is 2. The smallest absolute Gasteiger partial charge is 0.329 e. The first-order valence-electron chi connectivity index (χ1n) is 19.4. The number of piperidine rings is 1. The van der Waals surface area contributed by atoms with Gasteiger partial charge in [0.1, 0.15) is 48.1 Å². The van der Waals surface area contributed by atoms with E-state index in [1.54, 1.807) is 25.1 Å². The van der Waals surface area contributed by atoms with Crippen molar-refractivity contribution in [1.82, 2.24) is 30.7 Å². The number of fused-ring (bicyclic) bond motifs is 3. The van der Waals surface area contributed by atoms with Gasteiger partial charge in [0, 0.05) is 26.1 Å². The largest absolute Gasteiger partial charge is 0.508 e. The lowest BCUT2D eigenvalue weighted by molar-refractivity contribution is -0.163. The highest BCUT2D eigenvalue weighted by molar-refractivity contribution is 5.98. The maximum atomic E-state index is 14.6. The number of carbonyl (C=O) groups is 7. The molecule has 15 nitrogen and oxygen atoms in total. The highest BCUT2D eigenvalue weighted by atomic mass is 16.5. The number of aromatic hydroxyl groups is 1. The summed E-state index contributed by atoms with van der Waals surface area (Å²) in [5.74, 6) is -4.05. The van der Waals surface area contributed by atoms with Gasteiger partial charge < -0.3 is 40.5 Å². The van der Waals surface area contributed by atoms with Crippen LogP contribution in [0.5, 0.6) is 5.75 Å². The Balaban J connectivity index is 1.48. The summed E-state index contributed by atoms with van der Waals surface area (Å²) in [4.78, 5) is 101. The molecule has 54 heavy (non-hydrogen) atoms. The fourth-order valence-corrected chi connectivity index (χ4v) is 7.84. The Morgan fingerprint density at radius 2 is 1.57 bits per heavy atom. The summed E-state index contributed by atoms with van der Waals surface area (Å²) >= 11 is 0. The molecule has 6 amide bonds. The predicted molar refractivity (Wildman–Crippen MR) is 196 cm³/mol. The number of ether oxygens (including phenoxy) is 1. The van der Waals surface area contributed by atoms with Gasteiger partial charge in [0.25, 0.3) is 0 Å². The molecule has 7 atom stereocenters. The van der Waals surface area contributed by atoms with Crippen molar-refractivity contribution in [2.45, 2.75) is 134 Å². The normalized spacial score (nSPS) is 27.5. The number of allylic oxidation sites excluding steroid dienone is 1. The number of cyclic esters (lactones) is 1. The molecule has 4 aliphatic rings. The third-order valence-corrected chi connectivity index (χ3v) is 10.8. The highest BCUT2D eigenvalue weighted by Gasteiger charge is 2.46. The van der Waals surface area contributed by atoms with Crippen molar-refractivity contribution in [3.63, 3.8) is 0 Å². The molecule has 0 aromatic heterocycles. The minimum absolute atomic E-state index is 0.0299. The number of nitrogens with zero attached hydrogens (tertiary/aromatic N) is 3. The maximum Gasteiger partial charge on any atom is 0.329 e. The minimum Gasteiger partial charge on any atom is -0.508 e. The molecule has 1 aromatic rings. The summed E-state index contributed by atoms with van der Waals surface area (Å²) in [6.45, 7) is 5.83. The van der Waals surface area contributed by atoms with E-state index in [1.165, 1.54) is 39.8 Å². The van der Waals surface area contributed by atoms with Crippen molar-refractivity contribution in [3.05, 3.63) is 42.0 Å². The lowest BCUT2D eigenvalue weighted by Gasteiger charge is -2.39. The Labute approximate surface area is 316 Å². The lowest BCUT2D eigenvalue weighted by Crippen LogP contribution is -2.63. The number of benzene rings is 1. The predicted octanol–water partition coefficient (Wildman–Crippen LogP) is 1.46.